The van der Waals surface area contributed by atoms with Crippen LogP contribution in [0.15, 0.2) is 0 Å². The molecule has 0 radical (unpaired) electrons. The maximum atomic E-state index is 10.4. The highest BCUT2D eigenvalue weighted by Gasteiger charge is 2.44. The molecule has 2 saturated carbocycles. The first kappa shape index (κ1) is 11.4. The van der Waals surface area contributed by atoms with Gasteiger partial charge < -0.3 is 10.8 Å². The Labute approximate surface area is 93.2 Å². The van der Waals surface area contributed by atoms with Gasteiger partial charge in [0.1, 0.15) is 0 Å². The van der Waals surface area contributed by atoms with Gasteiger partial charge in [0.15, 0.2) is 0 Å². The second-order valence-corrected chi connectivity index (χ2v) is 5.62. The number of hydrogen-bond donors (Lipinski definition) is 2. The Hall–Kier alpha value is -0.0800. The summed E-state index contributed by atoms with van der Waals surface area (Å²) in [4.78, 5) is 0. The Morgan fingerprint density at radius 3 is 2.07 bits per heavy atom. The van der Waals surface area contributed by atoms with Crippen LogP contribution in [0.4, 0.5) is 0 Å². The lowest BCUT2D eigenvalue weighted by Crippen LogP contribution is -2.43. The molecular formula is C13H25NO. The van der Waals surface area contributed by atoms with Gasteiger partial charge >= 0.3 is 0 Å². The fraction of sp³-hybridized carbons (Fsp3) is 1.00. The van der Waals surface area contributed by atoms with E-state index in [0.717, 1.165) is 12.8 Å². The monoisotopic (exact) mass is 211 g/mol. The predicted octanol–water partition coefficient (Wildman–Crippen LogP) is 2.45. The third kappa shape index (κ3) is 2.54. The molecular weight excluding hydrogens is 186 g/mol. The number of hydrogen-bond acceptors (Lipinski definition) is 2. The predicted molar refractivity (Wildman–Crippen MR) is 62.5 cm³/mol. The van der Waals surface area contributed by atoms with Crippen LogP contribution in [0.2, 0.25) is 0 Å². The van der Waals surface area contributed by atoms with E-state index < -0.39 is 0 Å². The van der Waals surface area contributed by atoms with Crippen LogP contribution in [0.5, 0.6) is 0 Å². The minimum absolute atomic E-state index is 0.0710. The van der Waals surface area contributed by atoms with E-state index in [2.05, 4.69) is 0 Å². The Morgan fingerprint density at radius 1 is 1.07 bits per heavy atom. The van der Waals surface area contributed by atoms with Crippen molar-refractivity contribution in [3.8, 4) is 0 Å². The number of rotatable bonds is 3. The molecule has 2 aliphatic rings. The molecule has 0 bridgehead atoms. The van der Waals surface area contributed by atoms with E-state index in [4.69, 9.17) is 5.73 Å². The molecule has 2 rings (SSSR count). The first-order chi connectivity index (χ1) is 7.28. The second-order valence-electron chi connectivity index (χ2n) is 5.62. The molecule has 1 unspecified atom stereocenters. The van der Waals surface area contributed by atoms with Crippen molar-refractivity contribution < 1.29 is 5.11 Å². The highest BCUT2D eigenvalue weighted by molar-refractivity contribution is 4.96. The highest BCUT2D eigenvalue weighted by atomic mass is 16.3. The Morgan fingerprint density at radius 2 is 1.60 bits per heavy atom. The number of aliphatic hydroxyl groups is 1. The van der Waals surface area contributed by atoms with Gasteiger partial charge in [-0.2, -0.15) is 0 Å². The molecule has 0 amide bonds. The Kier molecular flexibility index (Phi) is 3.68. The van der Waals surface area contributed by atoms with Crippen LogP contribution in [-0.4, -0.2) is 17.8 Å². The standard InChI is InChI=1S/C13H25NO/c14-10-13(12(15)11-6-7-11)8-4-2-1-3-5-9-13/h11-12,15H,1-10,14H2. The molecule has 2 aliphatic carbocycles. The van der Waals surface area contributed by atoms with E-state index >= 15 is 0 Å². The highest BCUT2D eigenvalue weighted by Crippen LogP contribution is 2.46. The van der Waals surface area contributed by atoms with Crippen LogP contribution in [0, 0.1) is 11.3 Å². The van der Waals surface area contributed by atoms with Crippen molar-refractivity contribution in [3.05, 3.63) is 0 Å². The van der Waals surface area contributed by atoms with Crippen LogP contribution in [-0.2, 0) is 0 Å². The Bertz CT molecular complexity index is 193. The quantitative estimate of drug-likeness (QED) is 0.753. The summed E-state index contributed by atoms with van der Waals surface area (Å²) in [6.07, 6.45) is 11.2. The SMILES string of the molecule is NCC1(C(O)C2CC2)CCCCCCC1. The van der Waals surface area contributed by atoms with Gasteiger partial charge in [-0.1, -0.05) is 32.1 Å². The van der Waals surface area contributed by atoms with Crippen LogP contribution in [0.1, 0.15) is 57.8 Å². The topological polar surface area (TPSA) is 46.2 Å². The fourth-order valence-corrected chi connectivity index (χ4v) is 3.14. The van der Waals surface area contributed by atoms with E-state index in [1.807, 2.05) is 0 Å². The molecule has 2 nitrogen and oxygen atoms in total. The molecule has 1 atom stereocenters. The van der Waals surface area contributed by atoms with E-state index in [0.29, 0.717) is 12.5 Å². The van der Waals surface area contributed by atoms with Gasteiger partial charge in [-0.25, -0.2) is 0 Å². The van der Waals surface area contributed by atoms with Crippen molar-refractivity contribution in [1.82, 2.24) is 0 Å². The lowest BCUT2D eigenvalue weighted by atomic mass is 9.70. The summed E-state index contributed by atoms with van der Waals surface area (Å²) in [7, 11) is 0. The fourth-order valence-electron chi connectivity index (χ4n) is 3.14. The molecule has 0 aliphatic heterocycles. The molecule has 3 N–H and O–H groups in total. The number of aliphatic hydroxyl groups excluding tert-OH is 1. The maximum Gasteiger partial charge on any atom is 0.0636 e. The average Bonchev–Trinajstić information content (AvgIpc) is 3.01. The maximum absolute atomic E-state index is 10.4. The van der Waals surface area contributed by atoms with Crippen LogP contribution < -0.4 is 5.73 Å². The normalized spacial score (nSPS) is 29.2. The van der Waals surface area contributed by atoms with E-state index in [1.165, 1.54) is 44.9 Å². The number of nitrogens with two attached hydrogens (primary N) is 1. The summed E-state index contributed by atoms with van der Waals surface area (Å²) in [5.74, 6) is 0.577. The van der Waals surface area contributed by atoms with Crippen molar-refractivity contribution in [1.29, 1.82) is 0 Å². The lowest BCUT2D eigenvalue weighted by molar-refractivity contribution is -0.00509. The smallest absolute Gasteiger partial charge is 0.0636 e. The molecule has 0 aromatic rings. The van der Waals surface area contributed by atoms with Crippen LogP contribution in [0.3, 0.4) is 0 Å². The molecule has 2 heteroatoms. The molecule has 0 heterocycles. The van der Waals surface area contributed by atoms with Crippen molar-refractivity contribution in [2.24, 2.45) is 17.1 Å². The largest absolute Gasteiger partial charge is 0.392 e. The van der Waals surface area contributed by atoms with Gasteiger partial charge in [0.2, 0.25) is 0 Å². The Balaban J connectivity index is 2.01. The van der Waals surface area contributed by atoms with Gasteiger partial charge in [-0.05, 0) is 31.6 Å². The summed E-state index contributed by atoms with van der Waals surface area (Å²) in [5.41, 5.74) is 6.04. The van der Waals surface area contributed by atoms with E-state index in [9.17, 15) is 5.11 Å². The van der Waals surface area contributed by atoms with E-state index in [1.54, 1.807) is 0 Å². The summed E-state index contributed by atoms with van der Waals surface area (Å²) in [6, 6.07) is 0. The third-order valence-electron chi connectivity index (χ3n) is 4.45. The molecule has 88 valence electrons. The molecule has 2 fully saturated rings. The van der Waals surface area contributed by atoms with Gasteiger partial charge in [-0.3, -0.25) is 0 Å². The minimum Gasteiger partial charge on any atom is -0.392 e. The zero-order valence-electron chi connectivity index (χ0n) is 9.75. The average molecular weight is 211 g/mol. The zero-order chi connectivity index (χ0) is 10.7. The summed E-state index contributed by atoms with van der Waals surface area (Å²) in [6.45, 7) is 0.685. The van der Waals surface area contributed by atoms with Crippen LogP contribution in [0.25, 0.3) is 0 Å². The third-order valence-corrected chi connectivity index (χ3v) is 4.45. The molecule has 0 aromatic heterocycles. The van der Waals surface area contributed by atoms with Gasteiger partial charge in [0, 0.05) is 12.0 Å². The second kappa shape index (κ2) is 4.84. The first-order valence-corrected chi connectivity index (χ1v) is 6.67. The van der Waals surface area contributed by atoms with Crippen molar-refractivity contribution in [3.63, 3.8) is 0 Å². The van der Waals surface area contributed by atoms with Gasteiger partial charge in [0.05, 0.1) is 6.10 Å². The molecule has 15 heavy (non-hydrogen) atoms. The molecule has 0 spiro atoms. The zero-order valence-corrected chi connectivity index (χ0v) is 9.75. The summed E-state index contributed by atoms with van der Waals surface area (Å²) < 4.78 is 0. The van der Waals surface area contributed by atoms with Crippen molar-refractivity contribution in [2.75, 3.05) is 6.54 Å². The van der Waals surface area contributed by atoms with Crippen LogP contribution >= 0.6 is 0 Å². The summed E-state index contributed by atoms with van der Waals surface area (Å²) >= 11 is 0. The lowest BCUT2D eigenvalue weighted by Gasteiger charge is -2.39. The van der Waals surface area contributed by atoms with Crippen molar-refractivity contribution >= 4 is 0 Å². The molecule has 0 aromatic carbocycles. The van der Waals surface area contributed by atoms with Gasteiger partial charge in [0.25, 0.3) is 0 Å². The van der Waals surface area contributed by atoms with E-state index in [-0.39, 0.29) is 11.5 Å². The summed E-state index contributed by atoms with van der Waals surface area (Å²) in [5, 5.41) is 10.4. The first-order valence-electron chi connectivity index (χ1n) is 6.67. The molecule has 0 saturated heterocycles. The van der Waals surface area contributed by atoms with Gasteiger partial charge in [-0.15, -0.1) is 0 Å². The minimum atomic E-state index is -0.111. The van der Waals surface area contributed by atoms with Crippen molar-refractivity contribution in [2.45, 2.75) is 63.9 Å².